The van der Waals surface area contributed by atoms with Crippen molar-refractivity contribution in [2.75, 3.05) is 30.1 Å². The predicted molar refractivity (Wildman–Crippen MR) is 134 cm³/mol. The summed E-state index contributed by atoms with van der Waals surface area (Å²) in [7, 11) is 3.21. The van der Waals surface area contributed by atoms with Gasteiger partial charge >= 0.3 is 0 Å². The Morgan fingerprint density at radius 3 is 2.56 bits per heavy atom. The van der Waals surface area contributed by atoms with E-state index in [0.717, 1.165) is 6.08 Å². The van der Waals surface area contributed by atoms with Crippen molar-refractivity contribution in [2.45, 2.75) is 6.61 Å². The van der Waals surface area contributed by atoms with Crippen LogP contribution in [0.2, 0.25) is 5.02 Å². The Hall–Kier alpha value is -4.04. The van der Waals surface area contributed by atoms with E-state index in [1.165, 1.54) is 19.2 Å². The SMILES string of the molecule is C=CC(=O)Nc1cc(C(=N)Nc2ccc(OCc3cccc(F)c3)c(Cl)c2)c(NC)cc1OC. The molecule has 176 valence electrons. The zero-order chi connectivity index (χ0) is 24.7. The van der Waals surface area contributed by atoms with Crippen molar-refractivity contribution in [3.05, 3.63) is 89.2 Å². The highest BCUT2D eigenvalue weighted by molar-refractivity contribution is 6.32. The van der Waals surface area contributed by atoms with Crippen molar-refractivity contribution in [1.82, 2.24) is 0 Å². The summed E-state index contributed by atoms with van der Waals surface area (Å²) >= 11 is 6.36. The summed E-state index contributed by atoms with van der Waals surface area (Å²) < 4.78 is 24.4. The number of hydrogen-bond acceptors (Lipinski definition) is 5. The van der Waals surface area contributed by atoms with E-state index in [4.69, 9.17) is 26.5 Å². The number of rotatable bonds is 9. The molecule has 0 atom stereocenters. The highest BCUT2D eigenvalue weighted by Gasteiger charge is 2.15. The Morgan fingerprint density at radius 1 is 1.12 bits per heavy atom. The van der Waals surface area contributed by atoms with Crippen LogP contribution in [0.15, 0.2) is 67.3 Å². The van der Waals surface area contributed by atoms with Crippen molar-refractivity contribution >= 4 is 40.4 Å². The van der Waals surface area contributed by atoms with Crippen LogP contribution in [0.1, 0.15) is 11.1 Å². The molecule has 0 aliphatic heterocycles. The Labute approximate surface area is 202 Å². The van der Waals surface area contributed by atoms with E-state index in [2.05, 4.69) is 22.5 Å². The summed E-state index contributed by atoms with van der Waals surface area (Å²) in [6.07, 6.45) is 1.15. The standard InChI is InChI=1S/C25H24ClFN4O3/c1-4-24(32)31-21-12-18(20(29-2)13-23(21)33-3)25(28)30-17-8-9-22(19(26)11-17)34-14-15-6-5-7-16(27)10-15/h4-13,29H,1,14H2,2-3H3,(H2,28,30)(H,31,32). The molecule has 9 heteroatoms. The van der Waals surface area contributed by atoms with Gasteiger partial charge in [0.1, 0.15) is 29.8 Å². The van der Waals surface area contributed by atoms with E-state index in [0.29, 0.717) is 44.7 Å². The van der Waals surface area contributed by atoms with E-state index in [1.54, 1.807) is 49.5 Å². The molecule has 34 heavy (non-hydrogen) atoms. The third kappa shape index (κ3) is 6.05. The first-order valence-corrected chi connectivity index (χ1v) is 10.6. The molecular formula is C25H24ClFN4O3. The number of methoxy groups -OCH3 is 1. The molecule has 0 fully saturated rings. The summed E-state index contributed by atoms with van der Waals surface area (Å²) in [5, 5.41) is 17.6. The second-order valence-electron chi connectivity index (χ2n) is 7.11. The second kappa shape index (κ2) is 11.2. The lowest BCUT2D eigenvalue weighted by molar-refractivity contribution is -0.111. The number of carbonyl (C=O) groups excluding carboxylic acids is 1. The number of halogens is 2. The average Bonchev–Trinajstić information content (AvgIpc) is 2.83. The van der Waals surface area contributed by atoms with Crippen LogP contribution in [0.25, 0.3) is 0 Å². The van der Waals surface area contributed by atoms with Crippen LogP contribution in [0.5, 0.6) is 11.5 Å². The van der Waals surface area contributed by atoms with Gasteiger partial charge in [-0.1, -0.05) is 30.3 Å². The topological polar surface area (TPSA) is 95.5 Å². The first kappa shape index (κ1) is 24.6. The number of amides is 1. The first-order chi connectivity index (χ1) is 16.3. The smallest absolute Gasteiger partial charge is 0.247 e. The molecule has 7 nitrogen and oxygen atoms in total. The minimum absolute atomic E-state index is 0.0607. The maximum atomic E-state index is 13.3. The number of amidine groups is 1. The number of carbonyl (C=O) groups is 1. The highest BCUT2D eigenvalue weighted by Crippen LogP contribution is 2.33. The fourth-order valence-corrected chi connectivity index (χ4v) is 3.37. The molecular weight excluding hydrogens is 459 g/mol. The monoisotopic (exact) mass is 482 g/mol. The summed E-state index contributed by atoms with van der Waals surface area (Å²) in [6.45, 7) is 3.61. The number of benzene rings is 3. The van der Waals surface area contributed by atoms with Crippen LogP contribution in [0.4, 0.5) is 21.5 Å². The van der Waals surface area contributed by atoms with Gasteiger partial charge in [-0.25, -0.2) is 4.39 Å². The zero-order valence-corrected chi connectivity index (χ0v) is 19.4. The van der Waals surface area contributed by atoms with E-state index in [-0.39, 0.29) is 18.3 Å². The molecule has 0 aromatic heterocycles. The molecule has 3 aromatic carbocycles. The number of anilines is 3. The average molecular weight is 483 g/mol. The van der Waals surface area contributed by atoms with E-state index in [9.17, 15) is 9.18 Å². The highest BCUT2D eigenvalue weighted by atomic mass is 35.5. The number of ether oxygens (including phenoxy) is 2. The van der Waals surface area contributed by atoms with Crippen LogP contribution < -0.4 is 25.4 Å². The number of hydrogen-bond donors (Lipinski definition) is 4. The predicted octanol–water partition coefficient (Wildman–Crippen LogP) is 5.67. The van der Waals surface area contributed by atoms with Gasteiger partial charge in [0.2, 0.25) is 5.91 Å². The second-order valence-corrected chi connectivity index (χ2v) is 7.51. The maximum Gasteiger partial charge on any atom is 0.247 e. The van der Waals surface area contributed by atoms with Gasteiger partial charge in [0, 0.05) is 30.1 Å². The quantitative estimate of drug-likeness (QED) is 0.179. The van der Waals surface area contributed by atoms with Gasteiger partial charge in [-0.05, 0) is 48.0 Å². The Morgan fingerprint density at radius 2 is 1.91 bits per heavy atom. The maximum absolute atomic E-state index is 13.3. The van der Waals surface area contributed by atoms with Crippen molar-refractivity contribution in [1.29, 1.82) is 5.41 Å². The third-order valence-corrected chi connectivity index (χ3v) is 5.10. The molecule has 0 spiro atoms. The summed E-state index contributed by atoms with van der Waals surface area (Å²) in [4.78, 5) is 11.8. The summed E-state index contributed by atoms with van der Waals surface area (Å²) in [5.74, 6) is 0.181. The van der Waals surface area contributed by atoms with Crippen LogP contribution in [-0.4, -0.2) is 25.9 Å². The molecule has 0 saturated heterocycles. The van der Waals surface area contributed by atoms with Crippen molar-refractivity contribution in [3.63, 3.8) is 0 Å². The van der Waals surface area contributed by atoms with Gasteiger partial charge in [0.25, 0.3) is 0 Å². The lowest BCUT2D eigenvalue weighted by Gasteiger charge is -2.17. The zero-order valence-electron chi connectivity index (χ0n) is 18.7. The van der Waals surface area contributed by atoms with Gasteiger partial charge in [-0.3, -0.25) is 10.2 Å². The minimum Gasteiger partial charge on any atom is -0.494 e. The molecule has 0 aliphatic rings. The van der Waals surface area contributed by atoms with Gasteiger partial charge in [-0.2, -0.15) is 0 Å². The molecule has 0 aliphatic carbocycles. The lowest BCUT2D eigenvalue weighted by atomic mass is 10.1. The Bertz CT molecular complexity index is 1230. The van der Waals surface area contributed by atoms with Gasteiger partial charge in [-0.15, -0.1) is 0 Å². The van der Waals surface area contributed by atoms with Gasteiger partial charge in [0.15, 0.2) is 0 Å². The minimum atomic E-state index is -0.401. The van der Waals surface area contributed by atoms with Gasteiger partial charge < -0.3 is 25.4 Å². The van der Waals surface area contributed by atoms with E-state index in [1.807, 2.05) is 0 Å². The van der Waals surface area contributed by atoms with Crippen LogP contribution >= 0.6 is 11.6 Å². The van der Waals surface area contributed by atoms with E-state index < -0.39 is 5.91 Å². The van der Waals surface area contributed by atoms with E-state index >= 15 is 0 Å². The van der Waals surface area contributed by atoms with Crippen molar-refractivity contribution < 1.29 is 18.7 Å². The summed E-state index contributed by atoms with van der Waals surface area (Å²) in [6, 6.07) is 14.4. The number of nitrogens with one attached hydrogen (secondary N) is 4. The molecule has 4 N–H and O–H groups in total. The van der Waals surface area contributed by atoms with Gasteiger partial charge in [0.05, 0.1) is 17.8 Å². The van der Waals surface area contributed by atoms with Crippen molar-refractivity contribution in [3.8, 4) is 11.5 Å². The molecule has 0 unspecified atom stereocenters. The lowest BCUT2D eigenvalue weighted by Crippen LogP contribution is -2.16. The van der Waals surface area contributed by atoms with Crippen LogP contribution in [0, 0.1) is 11.2 Å². The normalized spacial score (nSPS) is 10.2. The molecule has 3 aromatic rings. The molecule has 0 saturated carbocycles. The first-order valence-electron chi connectivity index (χ1n) is 10.2. The third-order valence-electron chi connectivity index (χ3n) is 4.81. The summed E-state index contributed by atoms with van der Waals surface area (Å²) in [5.41, 5.74) is 2.74. The molecule has 0 bridgehead atoms. The molecule has 0 heterocycles. The Balaban J connectivity index is 1.78. The fraction of sp³-hybridized carbons (Fsp3) is 0.120. The van der Waals surface area contributed by atoms with Crippen LogP contribution in [-0.2, 0) is 11.4 Å². The van der Waals surface area contributed by atoms with Crippen LogP contribution in [0.3, 0.4) is 0 Å². The molecule has 1 amide bonds. The molecule has 3 rings (SSSR count). The largest absolute Gasteiger partial charge is 0.494 e. The Kier molecular flexibility index (Phi) is 8.10. The van der Waals surface area contributed by atoms with Crippen molar-refractivity contribution in [2.24, 2.45) is 0 Å². The molecule has 0 radical (unpaired) electrons. The fourth-order valence-electron chi connectivity index (χ4n) is 3.14.